The smallest absolute Gasteiger partial charge is 0.409 e. The van der Waals surface area contributed by atoms with E-state index in [0.717, 1.165) is 6.42 Å². The summed E-state index contributed by atoms with van der Waals surface area (Å²) in [5, 5.41) is 0. The number of amides is 1. The second-order valence-corrected chi connectivity index (χ2v) is 4.94. The van der Waals surface area contributed by atoms with E-state index >= 15 is 0 Å². The highest BCUT2D eigenvalue weighted by Crippen LogP contribution is 2.41. The number of hydrogen-bond donors (Lipinski definition) is 0. The van der Waals surface area contributed by atoms with Gasteiger partial charge in [-0.05, 0) is 23.8 Å². The first-order valence-corrected chi connectivity index (χ1v) is 5.59. The summed E-state index contributed by atoms with van der Waals surface area (Å²) in [6, 6.07) is 0. The van der Waals surface area contributed by atoms with Crippen molar-refractivity contribution < 1.29 is 14.3 Å². The van der Waals surface area contributed by atoms with Crippen LogP contribution in [0.1, 0.15) is 19.8 Å². The number of ether oxygens (including phenoxy) is 1. The Labute approximate surface area is 95.2 Å². The Morgan fingerprint density at radius 1 is 1.62 bits per heavy atom. The van der Waals surface area contributed by atoms with Crippen LogP contribution in [0, 0.1) is 11.3 Å². The molecule has 0 aromatic carbocycles. The Morgan fingerprint density at radius 2 is 2.38 bits per heavy atom. The number of piperidine rings is 1. The van der Waals surface area contributed by atoms with Crippen LogP contribution in [0.5, 0.6) is 0 Å². The maximum Gasteiger partial charge on any atom is 0.409 e. The molecule has 4 nitrogen and oxygen atoms in total. The number of rotatable bonds is 0. The van der Waals surface area contributed by atoms with Crippen molar-refractivity contribution in [2.75, 3.05) is 20.2 Å². The highest BCUT2D eigenvalue weighted by Gasteiger charge is 2.42. The third kappa shape index (κ3) is 1.84. The largest absolute Gasteiger partial charge is 0.453 e. The summed E-state index contributed by atoms with van der Waals surface area (Å²) in [5.41, 5.74) is -0.113. The van der Waals surface area contributed by atoms with E-state index in [2.05, 4.69) is 6.92 Å². The zero-order chi connectivity index (χ0) is 11.8. The Morgan fingerprint density at radius 3 is 3.06 bits per heavy atom. The lowest BCUT2D eigenvalue weighted by Crippen LogP contribution is -2.50. The molecular weight excluding hydrogens is 206 g/mol. The molecular formula is C12H17NO3. The lowest BCUT2D eigenvalue weighted by Gasteiger charge is -2.45. The van der Waals surface area contributed by atoms with Gasteiger partial charge in [0.25, 0.3) is 0 Å². The van der Waals surface area contributed by atoms with E-state index in [1.807, 2.05) is 6.08 Å². The molecule has 88 valence electrons. The van der Waals surface area contributed by atoms with E-state index in [1.54, 1.807) is 11.0 Å². The highest BCUT2D eigenvalue weighted by atomic mass is 16.5. The van der Waals surface area contributed by atoms with Crippen LogP contribution in [0.2, 0.25) is 0 Å². The minimum absolute atomic E-state index is 0.113. The summed E-state index contributed by atoms with van der Waals surface area (Å²) in [6.45, 7) is 3.40. The fourth-order valence-corrected chi connectivity index (χ4v) is 2.76. The number of allylic oxidation sites excluding steroid dienone is 2. The summed E-state index contributed by atoms with van der Waals surface area (Å²) in [7, 11) is 1.39. The number of carbonyl (C=O) groups excluding carboxylic acids is 2. The van der Waals surface area contributed by atoms with E-state index in [9.17, 15) is 9.59 Å². The molecule has 0 aromatic rings. The standard InChI is InChI=1S/C12H17NO3/c1-12-7-10(14)4-3-9(12)5-6-13(8-12)11(15)16-2/h3-4,9H,5-8H2,1-2H3/t9-,12+/m1/s1. The van der Waals surface area contributed by atoms with Crippen molar-refractivity contribution in [3.8, 4) is 0 Å². The summed E-state index contributed by atoms with van der Waals surface area (Å²) in [4.78, 5) is 24.6. The molecule has 16 heavy (non-hydrogen) atoms. The molecule has 0 aromatic heterocycles. The van der Waals surface area contributed by atoms with Crippen molar-refractivity contribution in [1.29, 1.82) is 0 Å². The minimum atomic E-state index is -0.290. The fraction of sp³-hybridized carbons (Fsp3) is 0.667. The molecule has 2 rings (SSSR count). The topological polar surface area (TPSA) is 46.6 Å². The zero-order valence-electron chi connectivity index (χ0n) is 9.73. The van der Waals surface area contributed by atoms with Gasteiger partial charge in [-0.25, -0.2) is 4.79 Å². The maximum absolute atomic E-state index is 11.5. The van der Waals surface area contributed by atoms with Gasteiger partial charge in [-0.3, -0.25) is 4.79 Å². The third-order valence-corrected chi connectivity index (χ3v) is 3.68. The van der Waals surface area contributed by atoms with Gasteiger partial charge in [0, 0.05) is 19.5 Å². The maximum atomic E-state index is 11.5. The van der Waals surface area contributed by atoms with Gasteiger partial charge in [0.05, 0.1) is 7.11 Å². The van der Waals surface area contributed by atoms with Crippen LogP contribution in [0.15, 0.2) is 12.2 Å². The van der Waals surface area contributed by atoms with E-state index in [-0.39, 0.29) is 17.3 Å². The number of likely N-dealkylation sites (tertiary alicyclic amines) is 1. The summed E-state index contributed by atoms with van der Waals surface area (Å²) in [5.74, 6) is 0.566. The van der Waals surface area contributed by atoms with Gasteiger partial charge in [0.1, 0.15) is 0 Å². The van der Waals surface area contributed by atoms with Crippen molar-refractivity contribution in [2.45, 2.75) is 19.8 Å². The normalized spacial score (nSPS) is 33.5. The number of hydrogen-bond acceptors (Lipinski definition) is 3. The van der Waals surface area contributed by atoms with E-state index in [0.29, 0.717) is 25.4 Å². The molecule has 1 aliphatic heterocycles. The van der Waals surface area contributed by atoms with Crippen molar-refractivity contribution in [1.82, 2.24) is 4.90 Å². The van der Waals surface area contributed by atoms with Gasteiger partial charge in [0.2, 0.25) is 0 Å². The number of nitrogens with zero attached hydrogens (tertiary/aromatic N) is 1. The number of methoxy groups -OCH3 is 1. The molecule has 1 heterocycles. The molecule has 0 bridgehead atoms. The molecule has 1 saturated heterocycles. The molecule has 1 aliphatic carbocycles. The lowest BCUT2D eigenvalue weighted by atomic mass is 9.67. The first-order chi connectivity index (χ1) is 7.55. The SMILES string of the molecule is COC(=O)N1CC[C@H]2C=CC(=O)C[C@@]2(C)C1. The van der Waals surface area contributed by atoms with Gasteiger partial charge < -0.3 is 9.64 Å². The monoisotopic (exact) mass is 223 g/mol. The van der Waals surface area contributed by atoms with Gasteiger partial charge >= 0.3 is 6.09 Å². The van der Waals surface area contributed by atoms with Crippen LogP contribution in [-0.2, 0) is 9.53 Å². The quantitative estimate of drug-likeness (QED) is 0.626. The van der Waals surface area contributed by atoms with Gasteiger partial charge in [-0.1, -0.05) is 13.0 Å². The molecule has 1 amide bonds. The minimum Gasteiger partial charge on any atom is -0.453 e. The summed E-state index contributed by atoms with van der Waals surface area (Å²) in [6.07, 6.45) is 4.83. The first-order valence-electron chi connectivity index (χ1n) is 5.59. The molecule has 0 radical (unpaired) electrons. The average Bonchev–Trinajstić information content (AvgIpc) is 2.25. The lowest BCUT2D eigenvalue weighted by molar-refractivity contribution is -0.119. The van der Waals surface area contributed by atoms with E-state index in [1.165, 1.54) is 7.11 Å². The van der Waals surface area contributed by atoms with Crippen LogP contribution in [0.25, 0.3) is 0 Å². The predicted molar refractivity (Wildman–Crippen MR) is 59.0 cm³/mol. The molecule has 0 spiro atoms. The van der Waals surface area contributed by atoms with Gasteiger partial charge in [0.15, 0.2) is 5.78 Å². The fourth-order valence-electron chi connectivity index (χ4n) is 2.76. The molecule has 1 fully saturated rings. The Kier molecular flexibility index (Phi) is 2.74. The summed E-state index contributed by atoms with van der Waals surface area (Å²) >= 11 is 0. The van der Waals surface area contributed by atoms with Crippen LogP contribution in [0.4, 0.5) is 4.79 Å². The Balaban J connectivity index is 2.15. The van der Waals surface area contributed by atoms with Gasteiger partial charge in [-0.2, -0.15) is 0 Å². The average molecular weight is 223 g/mol. The Bertz CT molecular complexity index is 350. The first kappa shape index (κ1) is 11.2. The third-order valence-electron chi connectivity index (χ3n) is 3.68. The van der Waals surface area contributed by atoms with E-state index < -0.39 is 0 Å². The van der Waals surface area contributed by atoms with Crippen LogP contribution < -0.4 is 0 Å². The molecule has 0 N–H and O–H groups in total. The van der Waals surface area contributed by atoms with Crippen LogP contribution in [0.3, 0.4) is 0 Å². The van der Waals surface area contributed by atoms with Gasteiger partial charge in [-0.15, -0.1) is 0 Å². The number of ketones is 1. The van der Waals surface area contributed by atoms with Crippen LogP contribution in [-0.4, -0.2) is 37.0 Å². The van der Waals surface area contributed by atoms with E-state index in [4.69, 9.17) is 4.74 Å². The molecule has 4 heteroatoms. The van der Waals surface area contributed by atoms with Crippen molar-refractivity contribution in [3.05, 3.63) is 12.2 Å². The molecule has 0 unspecified atom stereocenters. The van der Waals surface area contributed by atoms with Crippen LogP contribution >= 0.6 is 0 Å². The zero-order valence-corrected chi connectivity index (χ0v) is 9.73. The second-order valence-electron chi connectivity index (χ2n) is 4.94. The highest BCUT2D eigenvalue weighted by molar-refractivity contribution is 5.91. The Hall–Kier alpha value is -1.32. The summed E-state index contributed by atoms with van der Waals surface area (Å²) < 4.78 is 4.73. The number of fused-ring (bicyclic) bond motifs is 1. The second kappa shape index (κ2) is 3.92. The van der Waals surface area contributed by atoms with Crippen molar-refractivity contribution >= 4 is 11.9 Å². The molecule has 2 aliphatic rings. The van der Waals surface area contributed by atoms with Crippen molar-refractivity contribution in [3.63, 3.8) is 0 Å². The molecule has 2 atom stereocenters. The number of carbonyl (C=O) groups is 2. The van der Waals surface area contributed by atoms with Crippen molar-refractivity contribution in [2.24, 2.45) is 11.3 Å². The molecule has 0 saturated carbocycles. The predicted octanol–water partition coefficient (Wildman–Crippen LogP) is 1.61.